The van der Waals surface area contributed by atoms with Gasteiger partial charge in [-0.1, -0.05) is 29.8 Å². The summed E-state index contributed by atoms with van der Waals surface area (Å²) < 4.78 is 12.7. The zero-order valence-electron chi connectivity index (χ0n) is 17.9. The molecule has 3 aromatic rings. The van der Waals surface area contributed by atoms with E-state index in [4.69, 9.17) is 21.1 Å². The molecule has 1 N–H and O–H groups in total. The van der Waals surface area contributed by atoms with Gasteiger partial charge in [0.25, 0.3) is 11.5 Å². The first-order chi connectivity index (χ1) is 16.0. The molecule has 1 atom stereocenters. The fourth-order valence-electron chi connectivity index (χ4n) is 3.53. The average Bonchev–Trinajstić information content (AvgIpc) is 3.33. The Morgan fingerprint density at radius 3 is 2.94 bits per heavy atom. The van der Waals surface area contributed by atoms with Crippen molar-refractivity contribution in [2.24, 2.45) is 0 Å². The average molecular weight is 465 g/mol. The third-order valence-corrected chi connectivity index (χ3v) is 5.57. The number of aryl methyl sites for hydroxylation is 1. The number of ether oxygens (including phenoxy) is 2. The molecule has 3 heterocycles. The summed E-state index contributed by atoms with van der Waals surface area (Å²) in [6, 6.07) is 12.2. The van der Waals surface area contributed by atoms with E-state index in [9.17, 15) is 14.9 Å². The summed E-state index contributed by atoms with van der Waals surface area (Å²) in [4.78, 5) is 30.5. The van der Waals surface area contributed by atoms with Gasteiger partial charge in [-0.3, -0.25) is 14.0 Å². The topological polar surface area (TPSA) is 106 Å². The molecule has 2 aromatic heterocycles. The van der Waals surface area contributed by atoms with Crippen LogP contribution in [-0.4, -0.2) is 34.5 Å². The van der Waals surface area contributed by atoms with E-state index in [2.05, 4.69) is 10.3 Å². The Bertz CT molecular complexity index is 1340. The largest absolute Gasteiger partial charge is 0.437 e. The molecule has 1 aliphatic heterocycles. The molecule has 0 aliphatic carbocycles. The van der Waals surface area contributed by atoms with Gasteiger partial charge >= 0.3 is 0 Å². The molecule has 1 aliphatic rings. The number of rotatable bonds is 6. The zero-order valence-corrected chi connectivity index (χ0v) is 18.6. The molecule has 1 aromatic carbocycles. The first-order valence-corrected chi connectivity index (χ1v) is 10.8. The van der Waals surface area contributed by atoms with Crippen molar-refractivity contribution in [3.05, 3.63) is 74.7 Å². The number of fused-ring (bicyclic) bond motifs is 1. The molecular formula is C24H21ClN4O4. The lowest BCUT2D eigenvalue weighted by Gasteiger charge is -2.13. The molecule has 4 rings (SSSR count). The van der Waals surface area contributed by atoms with Crippen molar-refractivity contribution >= 4 is 29.2 Å². The van der Waals surface area contributed by atoms with E-state index in [1.165, 1.54) is 10.5 Å². The highest BCUT2D eigenvalue weighted by Gasteiger charge is 2.20. The Hall–Kier alpha value is -3.67. The Balaban J connectivity index is 1.77. The third kappa shape index (κ3) is 4.90. The van der Waals surface area contributed by atoms with Crippen LogP contribution in [0.2, 0.25) is 5.02 Å². The van der Waals surface area contributed by atoms with Gasteiger partial charge in [0.05, 0.1) is 11.1 Å². The van der Waals surface area contributed by atoms with Crippen molar-refractivity contribution in [1.82, 2.24) is 14.7 Å². The molecule has 8 nitrogen and oxygen atoms in total. The van der Waals surface area contributed by atoms with Gasteiger partial charge in [-0.25, -0.2) is 0 Å². The molecule has 0 radical (unpaired) electrons. The maximum atomic E-state index is 13.3. The zero-order chi connectivity index (χ0) is 23.4. The quantitative estimate of drug-likeness (QED) is 0.441. The van der Waals surface area contributed by atoms with Gasteiger partial charge in [0.15, 0.2) is 0 Å². The number of aromatic nitrogens is 2. The summed E-state index contributed by atoms with van der Waals surface area (Å²) in [5, 5.41) is 12.6. The number of carbonyl (C=O) groups is 1. The number of hydrogen-bond acceptors (Lipinski definition) is 6. The van der Waals surface area contributed by atoms with Crippen molar-refractivity contribution in [2.75, 3.05) is 13.2 Å². The molecule has 1 unspecified atom stereocenters. The first-order valence-electron chi connectivity index (χ1n) is 10.4. The van der Waals surface area contributed by atoms with Crippen LogP contribution in [0.15, 0.2) is 53.0 Å². The third-order valence-electron chi connectivity index (χ3n) is 5.26. The molecule has 0 saturated carbocycles. The van der Waals surface area contributed by atoms with E-state index in [1.807, 2.05) is 19.1 Å². The van der Waals surface area contributed by atoms with Crippen LogP contribution in [0.3, 0.4) is 0 Å². The van der Waals surface area contributed by atoms with Crippen LogP contribution in [0.25, 0.3) is 11.7 Å². The molecule has 9 heteroatoms. The molecular weight excluding hydrogens is 444 g/mol. The van der Waals surface area contributed by atoms with Gasteiger partial charge in [-0.15, -0.1) is 0 Å². The van der Waals surface area contributed by atoms with E-state index < -0.39 is 11.5 Å². The number of nitrogens with zero attached hydrogens (tertiary/aromatic N) is 3. The Morgan fingerprint density at radius 2 is 2.21 bits per heavy atom. The minimum absolute atomic E-state index is 0.0400. The number of nitrogens with one attached hydrogen (secondary N) is 1. The van der Waals surface area contributed by atoms with Gasteiger partial charge in [-0.05, 0) is 49.6 Å². The number of hydrogen-bond donors (Lipinski definition) is 1. The first kappa shape index (κ1) is 22.5. The standard InChI is InChI=1S/C24H21ClN4O4/c1-15-6-4-10-29-21(15)28-23(33-20-9-3-2-8-19(20)25)18(24(29)31)12-16(13-26)22(30)27-14-17-7-5-11-32-17/h2-4,6,8-10,12,17H,5,7,11,14H2,1H3,(H,27,30)/b16-12+. The molecule has 1 saturated heterocycles. The van der Waals surface area contributed by atoms with Crippen molar-refractivity contribution in [2.45, 2.75) is 25.9 Å². The number of nitriles is 1. The lowest BCUT2D eigenvalue weighted by atomic mass is 10.1. The van der Waals surface area contributed by atoms with E-state index in [-0.39, 0.29) is 29.7 Å². The maximum Gasteiger partial charge on any atom is 0.269 e. The van der Waals surface area contributed by atoms with Gasteiger partial charge in [0, 0.05) is 19.3 Å². The fourth-order valence-corrected chi connectivity index (χ4v) is 3.70. The Labute approximate surface area is 195 Å². The summed E-state index contributed by atoms with van der Waals surface area (Å²) in [6.07, 6.45) is 4.46. The number of halogens is 1. The van der Waals surface area contributed by atoms with Gasteiger partial charge in [-0.2, -0.15) is 10.2 Å². The predicted molar refractivity (Wildman–Crippen MR) is 123 cm³/mol. The molecule has 0 spiro atoms. The summed E-state index contributed by atoms with van der Waals surface area (Å²) >= 11 is 6.22. The Morgan fingerprint density at radius 1 is 1.39 bits per heavy atom. The summed E-state index contributed by atoms with van der Waals surface area (Å²) in [5.74, 6) is -0.368. The minimum Gasteiger partial charge on any atom is -0.437 e. The Kier molecular flexibility index (Phi) is 6.73. The fraction of sp³-hybridized carbons (Fsp3) is 0.250. The van der Waals surface area contributed by atoms with Crippen LogP contribution in [0.1, 0.15) is 24.0 Å². The van der Waals surface area contributed by atoms with E-state index >= 15 is 0 Å². The maximum absolute atomic E-state index is 13.3. The van der Waals surface area contributed by atoms with Gasteiger partial charge in [0.2, 0.25) is 5.88 Å². The normalized spacial score (nSPS) is 15.9. The second-order valence-electron chi connectivity index (χ2n) is 7.57. The van der Waals surface area contributed by atoms with E-state index in [1.54, 1.807) is 36.5 Å². The highest BCUT2D eigenvalue weighted by atomic mass is 35.5. The molecule has 168 valence electrons. The molecule has 33 heavy (non-hydrogen) atoms. The number of pyridine rings is 1. The van der Waals surface area contributed by atoms with Crippen LogP contribution < -0.4 is 15.6 Å². The minimum atomic E-state index is -0.606. The number of para-hydroxylation sites is 1. The summed E-state index contributed by atoms with van der Waals surface area (Å²) in [5.41, 5.74) is 0.378. The van der Waals surface area contributed by atoms with Crippen molar-refractivity contribution in [3.8, 4) is 17.7 Å². The summed E-state index contributed by atoms with van der Waals surface area (Å²) in [6.45, 7) is 2.76. The van der Waals surface area contributed by atoms with Crippen LogP contribution in [0.5, 0.6) is 11.6 Å². The smallest absolute Gasteiger partial charge is 0.269 e. The van der Waals surface area contributed by atoms with Crippen LogP contribution in [-0.2, 0) is 9.53 Å². The van der Waals surface area contributed by atoms with Crippen molar-refractivity contribution in [3.63, 3.8) is 0 Å². The van der Waals surface area contributed by atoms with Gasteiger partial charge < -0.3 is 14.8 Å². The highest BCUT2D eigenvalue weighted by molar-refractivity contribution is 6.32. The van der Waals surface area contributed by atoms with Crippen LogP contribution in [0.4, 0.5) is 0 Å². The van der Waals surface area contributed by atoms with Crippen LogP contribution >= 0.6 is 11.6 Å². The molecule has 0 bridgehead atoms. The number of carbonyl (C=O) groups excluding carboxylic acids is 1. The van der Waals surface area contributed by atoms with Crippen molar-refractivity contribution in [1.29, 1.82) is 5.26 Å². The lowest BCUT2D eigenvalue weighted by molar-refractivity contribution is -0.117. The van der Waals surface area contributed by atoms with Crippen LogP contribution in [0, 0.1) is 18.3 Å². The molecule has 1 fully saturated rings. The second kappa shape index (κ2) is 9.86. The summed E-state index contributed by atoms with van der Waals surface area (Å²) in [7, 11) is 0. The molecule has 1 amide bonds. The van der Waals surface area contributed by atoms with Crippen molar-refractivity contribution < 1.29 is 14.3 Å². The van der Waals surface area contributed by atoms with E-state index in [0.717, 1.165) is 18.4 Å². The number of benzene rings is 1. The monoisotopic (exact) mass is 464 g/mol. The lowest BCUT2D eigenvalue weighted by Crippen LogP contribution is -2.32. The predicted octanol–water partition coefficient (Wildman–Crippen LogP) is 3.65. The second-order valence-corrected chi connectivity index (χ2v) is 7.98. The van der Waals surface area contributed by atoms with E-state index in [0.29, 0.717) is 23.0 Å². The highest BCUT2D eigenvalue weighted by Crippen LogP contribution is 2.30. The van der Waals surface area contributed by atoms with Gasteiger partial charge in [0.1, 0.15) is 28.6 Å². The number of amides is 1. The SMILES string of the molecule is Cc1cccn2c(=O)c(/C=C(\C#N)C(=O)NCC3CCCO3)c(Oc3ccccc3Cl)nc12.